The van der Waals surface area contributed by atoms with Gasteiger partial charge >= 0.3 is 0 Å². The van der Waals surface area contributed by atoms with Crippen LogP contribution in [0.3, 0.4) is 0 Å². The second-order valence-corrected chi connectivity index (χ2v) is 5.20. The molecule has 0 bridgehead atoms. The lowest BCUT2D eigenvalue weighted by Gasteiger charge is -2.11. The van der Waals surface area contributed by atoms with Crippen LogP contribution in [0.5, 0.6) is 17.2 Å². The third-order valence-electron chi connectivity index (χ3n) is 2.83. The van der Waals surface area contributed by atoms with Gasteiger partial charge in [0.05, 0.1) is 15.0 Å². The Balaban J connectivity index is 2.37. The molecule has 0 saturated heterocycles. The van der Waals surface area contributed by atoms with Crippen LogP contribution in [0.15, 0.2) is 43.0 Å². The van der Waals surface area contributed by atoms with Crippen LogP contribution in [0.4, 0.5) is 5.69 Å². The molecule has 0 heterocycles. The molecule has 1 N–H and O–H groups in total. The van der Waals surface area contributed by atoms with Crippen molar-refractivity contribution in [2.45, 2.75) is 6.42 Å². The number of non-ortho nitro benzene ring substituents is 1. The fourth-order valence-corrected chi connectivity index (χ4v) is 2.36. The van der Waals surface area contributed by atoms with Crippen molar-refractivity contribution in [2.75, 3.05) is 0 Å². The van der Waals surface area contributed by atoms with Crippen molar-refractivity contribution in [1.82, 2.24) is 0 Å². The van der Waals surface area contributed by atoms with E-state index in [0.29, 0.717) is 17.7 Å². The Bertz CT molecular complexity index is 723. The smallest absolute Gasteiger partial charge is 0.272 e. The molecule has 0 spiro atoms. The number of phenolic OH excluding ortho intramolecular Hbond substituents is 1. The molecule has 0 unspecified atom stereocenters. The van der Waals surface area contributed by atoms with Crippen LogP contribution in [0.25, 0.3) is 0 Å². The zero-order valence-electron chi connectivity index (χ0n) is 11.3. The SMILES string of the molecule is C=CCc1cc(Oc2c(Cl)cc([N+](=O)[O-])cc2Cl)ccc1O. The lowest BCUT2D eigenvalue weighted by molar-refractivity contribution is -0.384. The van der Waals surface area contributed by atoms with Crippen LogP contribution in [0.2, 0.25) is 10.0 Å². The zero-order valence-corrected chi connectivity index (χ0v) is 12.8. The minimum absolute atomic E-state index is 0.0255. The summed E-state index contributed by atoms with van der Waals surface area (Å²) in [4.78, 5) is 10.1. The van der Waals surface area contributed by atoms with Gasteiger partial charge in [0.15, 0.2) is 5.75 Å². The van der Waals surface area contributed by atoms with Crippen molar-refractivity contribution >= 4 is 28.9 Å². The molecule has 22 heavy (non-hydrogen) atoms. The summed E-state index contributed by atoms with van der Waals surface area (Å²) in [6.07, 6.45) is 2.11. The second kappa shape index (κ2) is 6.68. The number of allylic oxidation sites excluding steroid dienone is 1. The Morgan fingerprint density at radius 3 is 2.45 bits per heavy atom. The molecule has 0 amide bonds. The molecule has 0 aromatic heterocycles. The number of aromatic hydroxyl groups is 1. The molecule has 2 aromatic carbocycles. The molecule has 0 aliphatic heterocycles. The highest BCUT2D eigenvalue weighted by Crippen LogP contribution is 2.40. The van der Waals surface area contributed by atoms with Crippen LogP contribution < -0.4 is 4.74 Å². The van der Waals surface area contributed by atoms with E-state index in [0.717, 1.165) is 12.1 Å². The van der Waals surface area contributed by atoms with E-state index in [1.54, 1.807) is 12.1 Å². The van der Waals surface area contributed by atoms with Gasteiger partial charge in [-0.05, 0) is 24.6 Å². The Hall–Kier alpha value is -2.24. The molecule has 0 saturated carbocycles. The first-order valence-corrected chi connectivity index (χ1v) is 6.92. The first-order chi connectivity index (χ1) is 10.4. The topological polar surface area (TPSA) is 72.6 Å². The highest BCUT2D eigenvalue weighted by molar-refractivity contribution is 6.37. The van der Waals surface area contributed by atoms with E-state index in [1.807, 2.05) is 0 Å². The summed E-state index contributed by atoms with van der Waals surface area (Å²) in [6.45, 7) is 3.61. The number of hydrogen-bond acceptors (Lipinski definition) is 4. The minimum atomic E-state index is -0.593. The maximum atomic E-state index is 10.7. The standard InChI is InChI=1S/C15H11Cl2NO4/c1-2-3-9-6-11(4-5-14(9)19)22-15-12(16)7-10(18(20)21)8-13(15)17/h2,4-8,19H,1,3H2. The summed E-state index contributed by atoms with van der Waals surface area (Å²) in [6, 6.07) is 6.95. The van der Waals surface area contributed by atoms with Gasteiger partial charge in [-0.15, -0.1) is 6.58 Å². The third-order valence-corrected chi connectivity index (χ3v) is 3.39. The van der Waals surface area contributed by atoms with Crippen LogP contribution in [0, 0.1) is 10.1 Å². The average molecular weight is 340 g/mol. The van der Waals surface area contributed by atoms with Gasteiger partial charge in [-0.2, -0.15) is 0 Å². The number of hydrogen-bond donors (Lipinski definition) is 1. The van der Waals surface area contributed by atoms with Crippen molar-refractivity contribution in [1.29, 1.82) is 0 Å². The lowest BCUT2D eigenvalue weighted by atomic mass is 10.1. The van der Waals surface area contributed by atoms with Crippen molar-refractivity contribution in [2.24, 2.45) is 0 Å². The van der Waals surface area contributed by atoms with Gasteiger partial charge in [0, 0.05) is 17.7 Å². The van der Waals surface area contributed by atoms with E-state index in [2.05, 4.69) is 6.58 Å². The summed E-state index contributed by atoms with van der Waals surface area (Å²) >= 11 is 12.0. The lowest BCUT2D eigenvalue weighted by Crippen LogP contribution is -1.92. The second-order valence-electron chi connectivity index (χ2n) is 4.38. The quantitative estimate of drug-likeness (QED) is 0.465. The molecule has 114 valence electrons. The van der Waals surface area contributed by atoms with Gasteiger partial charge in [0.2, 0.25) is 0 Å². The molecule has 0 aliphatic rings. The summed E-state index contributed by atoms with van der Waals surface area (Å²) in [5.74, 6) is 0.629. The van der Waals surface area contributed by atoms with Crippen LogP contribution in [-0.2, 0) is 6.42 Å². The van der Waals surface area contributed by atoms with E-state index < -0.39 is 4.92 Å². The zero-order chi connectivity index (χ0) is 16.3. The van der Waals surface area contributed by atoms with Gasteiger partial charge in [-0.1, -0.05) is 29.3 Å². The highest BCUT2D eigenvalue weighted by atomic mass is 35.5. The minimum Gasteiger partial charge on any atom is -0.508 e. The van der Waals surface area contributed by atoms with Crippen molar-refractivity contribution in [3.8, 4) is 17.2 Å². The number of ether oxygens (including phenoxy) is 1. The first-order valence-electron chi connectivity index (χ1n) is 6.16. The number of nitro benzene ring substituents is 1. The van der Waals surface area contributed by atoms with Gasteiger partial charge in [-0.25, -0.2) is 0 Å². The summed E-state index contributed by atoms with van der Waals surface area (Å²) in [5.41, 5.74) is 0.405. The number of nitrogens with zero attached hydrogens (tertiary/aromatic N) is 1. The largest absolute Gasteiger partial charge is 0.508 e. The number of rotatable bonds is 5. The molecule has 0 radical (unpaired) electrons. The van der Waals surface area contributed by atoms with Gasteiger partial charge < -0.3 is 9.84 Å². The number of nitro groups is 1. The summed E-state index contributed by atoms with van der Waals surface area (Å²) in [5, 5.41) is 20.5. The van der Waals surface area contributed by atoms with E-state index in [4.69, 9.17) is 27.9 Å². The predicted octanol–water partition coefficient (Wildman–Crippen LogP) is 5.13. The number of halogens is 2. The number of benzene rings is 2. The van der Waals surface area contributed by atoms with Crippen molar-refractivity contribution in [3.63, 3.8) is 0 Å². The predicted molar refractivity (Wildman–Crippen MR) is 85.2 cm³/mol. The van der Waals surface area contributed by atoms with Gasteiger partial charge in [0.1, 0.15) is 11.5 Å². The van der Waals surface area contributed by atoms with Crippen molar-refractivity contribution < 1.29 is 14.8 Å². The average Bonchev–Trinajstić information content (AvgIpc) is 2.46. The molecule has 2 aromatic rings. The van der Waals surface area contributed by atoms with Crippen LogP contribution in [-0.4, -0.2) is 10.0 Å². The summed E-state index contributed by atoms with van der Waals surface area (Å²) in [7, 11) is 0. The van der Waals surface area contributed by atoms with E-state index in [-0.39, 0.29) is 27.2 Å². The number of phenols is 1. The van der Waals surface area contributed by atoms with Gasteiger partial charge in [-0.3, -0.25) is 10.1 Å². The molecule has 0 aliphatic carbocycles. The molecular formula is C15H11Cl2NO4. The molecular weight excluding hydrogens is 329 g/mol. The molecule has 7 heteroatoms. The first kappa shape index (κ1) is 16.1. The molecule has 2 rings (SSSR count). The summed E-state index contributed by atoms with van der Waals surface area (Å²) < 4.78 is 5.58. The maximum Gasteiger partial charge on any atom is 0.272 e. The van der Waals surface area contributed by atoms with Gasteiger partial charge in [0.25, 0.3) is 5.69 Å². The monoisotopic (exact) mass is 339 g/mol. The Morgan fingerprint density at radius 2 is 1.91 bits per heavy atom. The Morgan fingerprint density at radius 1 is 1.27 bits per heavy atom. The Labute approximate surface area is 136 Å². The normalized spacial score (nSPS) is 10.3. The maximum absolute atomic E-state index is 10.7. The van der Waals surface area contributed by atoms with E-state index >= 15 is 0 Å². The van der Waals surface area contributed by atoms with Crippen LogP contribution >= 0.6 is 23.2 Å². The van der Waals surface area contributed by atoms with Crippen molar-refractivity contribution in [3.05, 3.63) is 68.7 Å². The highest BCUT2D eigenvalue weighted by Gasteiger charge is 2.16. The fraction of sp³-hybridized carbons (Fsp3) is 0.0667. The third kappa shape index (κ3) is 3.50. The molecule has 0 fully saturated rings. The van der Waals surface area contributed by atoms with Crippen LogP contribution in [0.1, 0.15) is 5.56 Å². The van der Waals surface area contributed by atoms with E-state index in [9.17, 15) is 15.2 Å². The molecule has 0 atom stereocenters. The fourth-order valence-electron chi connectivity index (χ4n) is 1.81. The van der Waals surface area contributed by atoms with E-state index in [1.165, 1.54) is 12.1 Å². The Kier molecular flexibility index (Phi) is 4.90. The molecule has 5 nitrogen and oxygen atoms in total.